The lowest BCUT2D eigenvalue weighted by atomic mass is 9.92. The molecular weight excluding hydrogens is 292 g/mol. The van der Waals surface area contributed by atoms with Gasteiger partial charge in [0.2, 0.25) is 0 Å². The SMILES string of the molecule is COc1ccc(C2OC(C)(C)c3cc(OC(C)=O)ccc32)cc1. The number of hydrogen-bond acceptors (Lipinski definition) is 4. The van der Waals surface area contributed by atoms with E-state index in [4.69, 9.17) is 14.2 Å². The minimum atomic E-state index is -0.448. The average Bonchev–Trinajstić information content (AvgIpc) is 2.78. The maximum absolute atomic E-state index is 11.2. The maximum atomic E-state index is 11.2. The summed E-state index contributed by atoms with van der Waals surface area (Å²) in [5, 5.41) is 0. The highest BCUT2D eigenvalue weighted by atomic mass is 16.5. The van der Waals surface area contributed by atoms with Gasteiger partial charge in [-0.25, -0.2) is 0 Å². The Bertz CT molecular complexity index is 732. The summed E-state index contributed by atoms with van der Waals surface area (Å²) in [5.41, 5.74) is 2.75. The van der Waals surface area contributed by atoms with Crippen molar-refractivity contribution >= 4 is 5.97 Å². The average molecular weight is 312 g/mol. The molecule has 2 aromatic carbocycles. The van der Waals surface area contributed by atoms with Crippen LogP contribution >= 0.6 is 0 Å². The molecule has 3 rings (SSSR count). The number of benzene rings is 2. The molecule has 1 aliphatic heterocycles. The molecule has 4 nitrogen and oxygen atoms in total. The molecule has 1 atom stereocenters. The molecule has 0 saturated heterocycles. The van der Waals surface area contributed by atoms with Crippen molar-refractivity contribution in [1.29, 1.82) is 0 Å². The van der Waals surface area contributed by atoms with Crippen molar-refractivity contribution in [2.45, 2.75) is 32.5 Å². The van der Waals surface area contributed by atoms with Crippen LogP contribution in [0.2, 0.25) is 0 Å². The summed E-state index contributed by atoms with van der Waals surface area (Å²) in [4.78, 5) is 11.2. The highest BCUT2D eigenvalue weighted by Gasteiger charge is 2.38. The first-order valence-corrected chi connectivity index (χ1v) is 7.55. The van der Waals surface area contributed by atoms with E-state index in [2.05, 4.69) is 0 Å². The number of carbonyl (C=O) groups excluding carboxylic acids is 1. The minimum Gasteiger partial charge on any atom is -0.497 e. The number of esters is 1. The molecule has 0 fully saturated rings. The molecule has 0 aliphatic carbocycles. The van der Waals surface area contributed by atoms with Crippen LogP contribution in [0.1, 0.15) is 43.6 Å². The number of hydrogen-bond donors (Lipinski definition) is 0. The molecule has 0 N–H and O–H groups in total. The van der Waals surface area contributed by atoms with E-state index >= 15 is 0 Å². The summed E-state index contributed by atoms with van der Waals surface area (Å²) in [6.45, 7) is 5.44. The summed E-state index contributed by atoms with van der Waals surface area (Å²) in [6, 6.07) is 13.5. The van der Waals surface area contributed by atoms with Gasteiger partial charge in [0.05, 0.1) is 12.7 Å². The fourth-order valence-electron chi connectivity index (χ4n) is 2.96. The van der Waals surface area contributed by atoms with Crippen LogP contribution in [0.25, 0.3) is 0 Å². The van der Waals surface area contributed by atoms with Crippen LogP contribution < -0.4 is 9.47 Å². The van der Waals surface area contributed by atoms with Gasteiger partial charge in [-0.2, -0.15) is 0 Å². The first kappa shape index (κ1) is 15.6. The second-order valence-electron chi connectivity index (χ2n) is 6.12. The predicted octanol–water partition coefficient (Wildman–Crippen LogP) is 3.98. The Kier molecular flexibility index (Phi) is 3.86. The fourth-order valence-corrected chi connectivity index (χ4v) is 2.96. The van der Waals surface area contributed by atoms with E-state index in [-0.39, 0.29) is 12.1 Å². The van der Waals surface area contributed by atoms with Gasteiger partial charge in [-0.1, -0.05) is 18.2 Å². The van der Waals surface area contributed by atoms with E-state index in [0.29, 0.717) is 5.75 Å². The normalized spacial score (nSPS) is 18.3. The Morgan fingerprint density at radius 1 is 1.09 bits per heavy atom. The molecule has 2 aromatic rings. The van der Waals surface area contributed by atoms with Crippen LogP contribution in [0.4, 0.5) is 0 Å². The highest BCUT2D eigenvalue weighted by Crippen LogP contribution is 2.47. The van der Waals surface area contributed by atoms with Gasteiger partial charge >= 0.3 is 5.97 Å². The van der Waals surface area contributed by atoms with Gasteiger partial charge in [-0.3, -0.25) is 4.79 Å². The molecule has 0 spiro atoms. The van der Waals surface area contributed by atoms with Gasteiger partial charge in [0.1, 0.15) is 17.6 Å². The third-order valence-electron chi connectivity index (χ3n) is 4.05. The molecule has 0 bridgehead atoms. The van der Waals surface area contributed by atoms with Crippen LogP contribution in [-0.2, 0) is 15.1 Å². The zero-order valence-corrected chi connectivity index (χ0v) is 13.8. The van der Waals surface area contributed by atoms with Crippen molar-refractivity contribution in [1.82, 2.24) is 0 Å². The molecule has 23 heavy (non-hydrogen) atoms. The van der Waals surface area contributed by atoms with Crippen molar-refractivity contribution in [3.8, 4) is 11.5 Å². The number of carbonyl (C=O) groups is 1. The van der Waals surface area contributed by atoms with Crippen molar-refractivity contribution in [2.75, 3.05) is 7.11 Å². The Hall–Kier alpha value is -2.33. The van der Waals surface area contributed by atoms with Crippen LogP contribution in [0, 0.1) is 0 Å². The molecule has 0 aromatic heterocycles. The standard InChI is InChI=1S/C19H20O4/c1-12(20)22-15-9-10-16-17(11-15)19(2,3)23-18(16)13-5-7-14(21-4)8-6-13/h5-11,18H,1-4H3. The van der Waals surface area contributed by atoms with Crippen molar-refractivity contribution in [2.24, 2.45) is 0 Å². The number of ether oxygens (including phenoxy) is 3. The Morgan fingerprint density at radius 3 is 2.35 bits per heavy atom. The summed E-state index contributed by atoms with van der Waals surface area (Å²) < 4.78 is 16.7. The van der Waals surface area contributed by atoms with Gasteiger partial charge in [0.25, 0.3) is 0 Å². The molecule has 1 unspecified atom stereocenters. The van der Waals surface area contributed by atoms with Crippen molar-refractivity contribution in [3.05, 3.63) is 59.2 Å². The molecular formula is C19H20O4. The molecule has 4 heteroatoms. The monoisotopic (exact) mass is 312 g/mol. The largest absolute Gasteiger partial charge is 0.497 e. The molecule has 0 amide bonds. The molecule has 1 heterocycles. The van der Waals surface area contributed by atoms with Crippen molar-refractivity contribution < 1.29 is 19.0 Å². The first-order valence-electron chi connectivity index (χ1n) is 7.55. The first-order chi connectivity index (χ1) is 10.9. The molecule has 0 radical (unpaired) electrons. The van der Waals surface area contributed by atoms with Crippen LogP contribution in [0.15, 0.2) is 42.5 Å². The summed E-state index contributed by atoms with van der Waals surface area (Å²) >= 11 is 0. The zero-order valence-electron chi connectivity index (χ0n) is 13.8. The molecule has 1 aliphatic rings. The van der Waals surface area contributed by atoms with Gasteiger partial charge in [-0.05, 0) is 54.8 Å². The van der Waals surface area contributed by atoms with Crippen LogP contribution in [-0.4, -0.2) is 13.1 Å². The van der Waals surface area contributed by atoms with E-state index in [0.717, 1.165) is 22.4 Å². The quantitative estimate of drug-likeness (QED) is 0.635. The Morgan fingerprint density at radius 2 is 1.74 bits per heavy atom. The zero-order chi connectivity index (χ0) is 16.6. The fraction of sp³-hybridized carbons (Fsp3) is 0.316. The second kappa shape index (κ2) is 5.70. The number of fused-ring (bicyclic) bond motifs is 1. The second-order valence-corrected chi connectivity index (χ2v) is 6.12. The van der Waals surface area contributed by atoms with Crippen LogP contribution in [0.3, 0.4) is 0 Å². The topological polar surface area (TPSA) is 44.8 Å². The Labute approximate surface area is 136 Å². The molecule has 120 valence electrons. The lowest BCUT2D eigenvalue weighted by Crippen LogP contribution is -2.16. The smallest absolute Gasteiger partial charge is 0.308 e. The third kappa shape index (κ3) is 2.94. The summed E-state index contributed by atoms with van der Waals surface area (Å²) in [7, 11) is 1.65. The predicted molar refractivity (Wildman–Crippen MR) is 86.7 cm³/mol. The third-order valence-corrected chi connectivity index (χ3v) is 4.05. The van der Waals surface area contributed by atoms with Gasteiger partial charge in [-0.15, -0.1) is 0 Å². The molecule has 0 saturated carbocycles. The van der Waals surface area contributed by atoms with Crippen LogP contribution in [0.5, 0.6) is 11.5 Å². The van der Waals surface area contributed by atoms with E-state index < -0.39 is 5.60 Å². The lowest BCUT2D eigenvalue weighted by molar-refractivity contribution is -0.131. The highest BCUT2D eigenvalue weighted by molar-refractivity contribution is 5.69. The summed E-state index contributed by atoms with van der Waals surface area (Å²) in [5.74, 6) is 1.04. The van der Waals surface area contributed by atoms with Crippen molar-refractivity contribution in [3.63, 3.8) is 0 Å². The van der Waals surface area contributed by atoms with E-state index in [9.17, 15) is 4.79 Å². The van der Waals surface area contributed by atoms with Gasteiger partial charge in [0.15, 0.2) is 0 Å². The van der Waals surface area contributed by atoms with E-state index in [1.165, 1.54) is 6.92 Å². The van der Waals surface area contributed by atoms with E-state index in [1.54, 1.807) is 7.11 Å². The van der Waals surface area contributed by atoms with Gasteiger partial charge in [0, 0.05) is 6.92 Å². The Balaban J connectivity index is 1.99. The summed E-state index contributed by atoms with van der Waals surface area (Å²) in [6.07, 6.45) is -0.141. The number of methoxy groups -OCH3 is 1. The lowest BCUT2D eigenvalue weighted by Gasteiger charge is -2.21. The number of rotatable bonds is 3. The maximum Gasteiger partial charge on any atom is 0.308 e. The van der Waals surface area contributed by atoms with E-state index in [1.807, 2.05) is 56.3 Å². The minimum absolute atomic E-state index is 0.141. The van der Waals surface area contributed by atoms with Gasteiger partial charge < -0.3 is 14.2 Å².